The van der Waals surface area contributed by atoms with Crippen molar-refractivity contribution in [3.05, 3.63) is 21.6 Å². The van der Waals surface area contributed by atoms with Gasteiger partial charge in [0.25, 0.3) is 0 Å². The Balaban J connectivity index is 3.02. The van der Waals surface area contributed by atoms with Crippen LogP contribution in [0.1, 0.15) is 23.0 Å². The number of hydrogen-bond acceptors (Lipinski definition) is 3. The first-order valence-corrected chi connectivity index (χ1v) is 4.41. The highest BCUT2D eigenvalue weighted by atomic mass is 32.1. The summed E-state index contributed by atoms with van der Waals surface area (Å²) in [5.41, 5.74) is 0. The second-order valence-corrected chi connectivity index (χ2v) is 3.61. The van der Waals surface area contributed by atoms with Gasteiger partial charge in [0, 0.05) is 0 Å². The van der Waals surface area contributed by atoms with Gasteiger partial charge in [0.05, 0.1) is 6.42 Å². The number of halogens is 3. The average Bonchev–Trinajstić information content (AvgIpc) is 2.32. The van der Waals surface area contributed by atoms with Gasteiger partial charge >= 0.3 is 0 Å². The second-order valence-electron chi connectivity index (χ2n) is 2.63. The highest BCUT2D eigenvalue weighted by Gasteiger charge is 2.23. The van der Waals surface area contributed by atoms with Crippen LogP contribution in [0.15, 0.2) is 0 Å². The molecule has 1 aromatic heterocycles. The SMILES string of the molecule is CC(=O)CC(=O)c1sc(F)c(F)c1F. The number of carbonyl (C=O) groups excluding carboxylic acids is 2. The molecule has 0 amide bonds. The van der Waals surface area contributed by atoms with E-state index in [-0.39, 0.29) is 11.3 Å². The average molecular weight is 222 g/mol. The fourth-order valence-electron chi connectivity index (χ4n) is 0.851. The normalized spacial score (nSPS) is 10.3. The van der Waals surface area contributed by atoms with Crippen molar-refractivity contribution in [3.63, 3.8) is 0 Å². The van der Waals surface area contributed by atoms with Crippen LogP contribution in [0.25, 0.3) is 0 Å². The summed E-state index contributed by atoms with van der Waals surface area (Å²) in [5, 5.41) is -1.38. The van der Waals surface area contributed by atoms with Crippen LogP contribution in [0.3, 0.4) is 0 Å². The van der Waals surface area contributed by atoms with Crippen LogP contribution in [-0.4, -0.2) is 11.6 Å². The zero-order valence-corrected chi connectivity index (χ0v) is 7.88. The van der Waals surface area contributed by atoms with Gasteiger partial charge in [0.15, 0.2) is 11.6 Å². The highest BCUT2D eigenvalue weighted by molar-refractivity contribution is 7.12. The van der Waals surface area contributed by atoms with Gasteiger partial charge in [-0.05, 0) is 6.92 Å². The lowest BCUT2D eigenvalue weighted by atomic mass is 10.2. The van der Waals surface area contributed by atoms with E-state index in [0.29, 0.717) is 0 Å². The van der Waals surface area contributed by atoms with Crippen LogP contribution in [0.4, 0.5) is 13.2 Å². The molecule has 1 aromatic rings. The van der Waals surface area contributed by atoms with Crippen LogP contribution in [0.2, 0.25) is 0 Å². The topological polar surface area (TPSA) is 34.1 Å². The molecular formula is C8H5F3O2S. The Morgan fingerprint density at radius 2 is 1.79 bits per heavy atom. The van der Waals surface area contributed by atoms with E-state index >= 15 is 0 Å². The first-order valence-electron chi connectivity index (χ1n) is 3.59. The summed E-state index contributed by atoms with van der Waals surface area (Å²) in [6.07, 6.45) is -0.545. The molecule has 0 aliphatic carbocycles. The molecule has 0 radical (unpaired) electrons. The summed E-state index contributed by atoms with van der Waals surface area (Å²) in [4.78, 5) is 20.9. The smallest absolute Gasteiger partial charge is 0.216 e. The predicted octanol–water partition coefficient (Wildman–Crippen LogP) is 2.33. The Hall–Kier alpha value is -1.17. The van der Waals surface area contributed by atoms with E-state index in [4.69, 9.17) is 0 Å². The number of Topliss-reactive ketones (excluding diaryl/α,β-unsaturated/α-hetero) is 2. The van der Waals surface area contributed by atoms with Crippen molar-refractivity contribution in [1.29, 1.82) is 0 Å². The Morgan fingerprint density at radius 3 is 2.14 bits per heavy atom. The number of rotatable bonds is 3. The lowest BCUT2D eigenvalue weighted by Gasteiger charge is -1.92. The summed E-state index contributed by atoms with van der Waals surface area (Å²) >= 11 is 0.0726. The molecule has 0 spiro atoms. The quantitative estimate of drug-likeness (QED) is 0.581. The molecule has 0 fully saturated rings. The molecule has 0 aliphatic rings. The molecule has 0 aromatic carbocycles. The minimum Gasteiger partial charge on any atom is -0.300 e. The molecule has 76 valence electrons. The molecule has 0 atom stereocenters. The largest absolute Gasteiger partial charge is 0.300 e. The minimum absolute atomic E-state index is 0.0726. The molecule has 0 saturated carbocycles. The molecule has 0 aliphatic heterocycles. The van der Waals surface area contributed by atoms with Gasteiger partial charge in [-0.1, -0.05) is 11.3 Å². The van der Waals surface area contributed by atoms with Gasteiger partial charge in [-0.3, -0.25) is 9.59 Å². The van der Waals surface area contributed by atoms with Crippen molar-refractivity contribution in [2.24, 2.45) is 0 Å². The van der Waals surface area contributed by atoms with Crippen molar-refractivity contribution >= 4 is 22.9 Å². The Morgan fingerprint density at radius 1 is 1.21 bits per heavy atom. The number of carbonyl (C=O) groups is 2. The lowest BCUT2D eigenvalue weighted by molar-refractivity contribution is -0.116. The van der Waals surface area contributed by atoms with Crippen LogP contribution in [0.5, 0.6) is 0 Å². The van der Waals surface area contributed by atoms with Gasteiger partial charge < -0.3 is 0 Å². The third-order valence-electron chi connectivity index (χ3n) is 1.42. The molecule has 2 nitrogen and oxygen atoms in total. The van der Waals surface area contributed by atoms with Gasteiger partial charge in [-0.25, -0.2) is 4.39 Å². The molecule has 0 unspecified atom stereocenters. The van der Waals surface area contributed by atoms with E-state index in [0.717, 1.165) is 6.92 Å². The molecular weight excluding hydrogens is 217 g/mol. The molecule has 6 heteroatoms. The molecule has 0 bridgehead atoms. The molecule has 0 N–H and O–H groups in total. The van der Waals surface area contributed by atoms with E-state index in [2.05, 4.69) is 0 Å². The van der Waals surface area contributed by atoms with Crippen molar-refractivity contribution in [1.82, 2.24) is 0 Å². The number of thiophene rings is 1. The maximum Gasteiger partial charge on any atom is 0.216 e. The summed E-state index contributed by atoms with van der Waals surface area (Å²) in [6.45, 7) is 1.14. The van der Waals surface area contributed by atoms with E-state index in [1.165, 1.54) is 0 Å². The Labute approximate surface area is 81.4 Å². The number of ketones is 2. The van der Waals surface area contributed by atoms with Gasteiger partial charge in [-0.2, -0.15) is 8.78 Å². The Kier molecular flexibility index (Phi) is 3.05. The lowest BCUT2D eigenvalue weighted by Crippen LogP contribution is -2.04. The summed E-state index contributed by atoms with van der Waals surface area (Å²) in [5.74, 6) is -4.56. The standard InChI is InChI=1S/C8H5F3O2S/c1-3(12)2-4(13)7-5(9)6(10)8(11)14-7/h2H2,1H3. The van der Waals surface area contributed by atoms with Crippen LogP contribution >= 0.6 is 11.3 Å². The second kappa shape index (κ2) is 3.91. The van der Waals surface area contributed by atoms with E-state index in [1.807, 2.05) is 0 Å². The maximum absolute atomic E-state index is 12.8. The van der Waals surface area contributed by atoms with Gasteiger partial charge in [-0.15, -0.1) is 0 Å². The molecule has 14 heavy (non-hydrogen) atoms. The Bertz CT molecular complexity index is 398. The zero-order chi connectivity index (χ0) is 10.9. The predicted molar refractivity (Wildman–Crippen MR) is 43.8 cm³/mol. The summed E-state index contributed by atoms with van der Waals surface area (Å²) in [7, 11) is 0. The first-order chi connectivity index (χ1) is 6.43. The van der Waals surface area contributed by atoms with Crippen molar-refractivity contribution in [2.45, 2.75) is 13.3 Å². The van der Waals surface area contributed by atoms with Crippen molar-refractivity contribution in [2.75, 3.05) is 0 Å². The molecule has 1 heterocycles. The third kappa shape index (κ3) is 2.01. The molecule has 0 saturated heterocycles. The summed E-state index contributed by atoms with van der Waals surface area (Å²) < 4.78 is 37.7. The minimum atomic E-state index is -1.66. The maximum atomic E-state index is 12.8. The number of hydrogen-bond donors (Lipinski definition) is 0. The molecule has 1 rings (SSSR count). The van der Waals surface area contributed by atoms with Gasteiger partial charge in [0.2, 0.25) is 10.9 Å². The highest BCUT2D eigenvalue weighted by Crippen LogP contribution is 2.25. The zero-order valence-electron chi connectivity index (χ0n) is 7.07. The monoisotopic (exact) mass is 222 g/mol. The van der Waals surface area contributed by atoms with E-state index in [9.17, 15) is 22.8 Å². The van der Waals surface area contributed by atoms with Crippen LogP contribution in [0, 0.1) is 16.8 Å². The van der Waals surface area contributed by atoms with Gasteiger partial charge in [0.1, 0.15) is 10.7 Å². The fraction of sp³-hybridized carbons (Fsp3) is 0.250. The van der Waals surface area contributed by atoms with E-state index < -0.39 is 39.6 Å². The van der Waals surface area contributed by atoms with Crippen molar-refractivity contribution < 1.29 is 22.8 Å². The first kappa shape index (κ1) is 10.9. The van der Waals surface area contributed by atoms with Crippen LogP contribution in [-0.2, 0) is 4.79 Å². The third-order valence-corrected chi connectivity index (χ3v) is 2.39. The van der Waals surface area contributed by atoms with E-state index in [1.54, 1.807) is 0 Å². The van der Waals surface area contributed by atoms with Crippen LogP contribution < -0.4 is 0 Å². The fourth-order valence-corrected chi connectivity index (χ4v) is 1.57. The summed E-state index contributed by atoms with van der Waals surface area (Å²) in [6, 6.07) is 0. The van der Waals surface area contributed by atoms with Crippen molar-refractivity contribution in [3.8, 4) is 0 Å².